The van der Waals surface area contributed by atoms with Gasteiger partial charge in [-0.25, -0.2) is 0 Å². The second-order valence-electron chi connectivity index (χ2n) is 6.67. The molecule has 0 atom stereocenters. The number of nitrogens with zero attached hydrogens (tertiary/aromatic N) is 1. The van der Waals surface area contributed by atoms with Gasteiger partial charge in [0.05, 0.1) is 8.07 Å². The molecule has 0 aliphatic carbocycles. The van der Waals surface area contributed by atoms with E-state index in [9.17, 15) is 0 Å². The first-order valence-electron chi connectivity index (χ1n) is 9.86. The minimum absolute atomic E-state index is 1.05. The highest BCUT2D eigenvalue weighted by molar-refractivity contribution is 6.84. The van der Waals surface area contributed by atoms with Gasteiger partial charge in [0.1, 0.15) is 0 Å². The molecule has 2 heteroatoms. The van der Waals surface area contributed by atoms with Gasteiger partial charge in [-0.3, -0.25) is 4.99 Å². The predicted octanol–water partition coefficient (Wildman–Crippen LogP) is 7.19. The molecule has 1 nitrogen and oxygen atoms in total. The Labute approximate surface area is 141 Å². The van der Waals surface area contributed by atoms with E-state index in [1.54, 1.807) is 0 Å². The number of hydrogen-bond donors (Lipinski definition) is 0. The molecule has 0 spiro atoms. The maximum Gasteiger partial charge on any atom is 0.0772 e. The van der Waals surface area contributed by atoms with E-state index in [-0.39, 0.29) is 0 Å². The first-order valence-corrected chi connectivity index (χ1v) is 12.6. The van der Waals surface area contributed by atoms with Crippen LogP contribution in [0.2, 0.25) is 18.1 Å². The third-order valence-corrected chi connectivity index (χ3v) is 10.1. The summed E-state index contributed by atoms with van der Waals surface area (Å²) in [6.07, 6.45) is 16.8. The van der Waals surface area contributed by atoms with Crippen LogP contribution in [0.4, 0.5) is 0 Å². The van der Waals surface area contributed by atoms with Gasteiger partial charge in [-0.15, -0.1) is 0 Å². The molecule has 130 valence electrons. The second kappa shape index (κ2) is 15.5. The molecule has 22 heavy (non-hydrogen) atoms. The summed E-state index contributed by atoms with van der Waals surface area (Å²) in [4.78, 5) is 4.62. The molecule has 0 saturated carbocycles. The average molecular weight is 324 g/mol. The Balaban J connectivity index is 3.58. The van der Waals surface area contributed by atoms with Gasteiger partial charge in [-0.2, -0.15) is 0 Å². The van der Waals surface area contributed by atoms with Crippen LogP contribution in [0.15, 0.2) is 16.8 Å². The first kappa shape index (κ1) is 21.6. The number of hydrogen-bond acceptors (Lipinski definition) is 1. The van der Waals surface area contributed by atoms with Crippen molar-refractivity contribution >= 4 is 14.3 Å². The van der Waals surface area contributed by atoms with Crippen LogP contribution in [0.25, 0.3) is 0 Å². The van der Waals surface area contributed by atoms with Crippen LogP contribution in [-0.4, -0.2) is 20.8 Å². The number of aliphatic imine (C=N–C) groups is 1. The van der Waals surface area contributed by atoms with E-state index < -0.39 is 8.07 Å². The lowest BCUT2D eigenvalue weighted by molar-refractivity contribution is 0.578. The molecule has 0 aromatic rings. The highest BCUT2D eigenvalue weighted by Crippen LogP contribution is 2.23. The summed E-state index contributed by atoms with van der Waals surface area (Å²) in [5.41, 5.74) is 2.54. The Morgan fingerprint density at radius 1 is 0.818 bits per heavy atom. The molecule has 0 rings (SSSR count). The van der Waals surface area contributed by atoms with Crippen molar-refractivity contribution in [3.8, 4) is 0 Å². The van der Waals surface area contributed by atoms with Crippen LogP contribution < -0.4 is 0 Å². The van der Waals surface area contributed by atoms with Gasteiger partial charge >= 0.3 is 0 Å². The molecular formula is C20H41NSi. The third-order valence-electron chi connectivity index (χ3n) is 4.97. The third kappa shape index (κ3) is 11.2. The maximum absolute atomic E-state index is 4.62. The highest BCUT2D eigenvalue weighted by atomic mass is 28.3. The maximum atomic E-state index is 4.62. The summed E-state index contributed by atoms with van der Waals surface area (Å²) in [6.45, 7) is 10.2. The normalized spacial score (nSPS) is 12.7. The van der Waals surface area contributed by atoms with Crippen molar-refractivity contribution in [3.63, 3.8) is 0 Å². The molecule has 0 saturated heterocycles. The first-order chi connectivity index (χ1) is 10.7. The van der Waals surface area contributed by atoms with Crippen molar-refractivity contribution in [2.45, 2.75) is 104 Å². The van der Waals surface area contributed by atoms with E-state index in [0.29, 0.717) is 0 Å². The molecule has 0 heterocycles. The van der Waals surface area contributed by atoms with Gasteiger partial charge in [-0.05, 0) is 32.0 Å². The van der Waals surface area contributed by atoms with E-state index in [1.165, 1.54) is 75.9 Å². The predicted molar refractivity (Wildman–Crippen MR) is 107 cm³/mol. The molecular weight excluding hydrogens is 282 g/mol. The summed E-state index contributed by atoms with van der Waals surface area (Å²) >= 11 is 0. The van der Waals surface area contributed by atoms with Crippen LogP contribution in [0.3, 0.4) is 0 Å². The van der Waals surface area contributed by atoms with Gasteiger partial charge in [-0.1, -0.05) is 89.6 Å². The molecule has 0 aliphatic heterocycles. The van der Waals surface area contributed by atoms with Crippen LogP contribution in [0.1, 0.15) is 85.5 Å². The zero-order valence-electron chi connectivity index (χ0n) is 15.9. The zero-order valence-corrected chi connectivity index (χ0v) is 16.9. The van der Waals surface area contributed by atoms with Crippen molar-refractivity contribution < 1.29 is 0 Å². The molecule has 0 radical (unpaired) electrons. The minimum Gasteiger partial charge on any atom is -0.298 e. The summed E-state index contributed by atoms with van der Waals surface area (Å²) in [7, 11) is -1.11. The lowest BCUT2D eigenvalue weighted by Crippen LogP contribution is -2.29. The summed E-state index contributed by atoms with van der Waals surface area (Å²) in [6, 6.07) is 4.13. The number of rotatable bonds is 15. The average Bonchev–Trinajstić information content (AvgIpc) is 2.55. The quantitative estimate of drug-likeness (QED) is 0.172. The fourth-order valence-corrected chi connectivity index (χ4v) is 6.40. The lowest BCUT2D eigenvalue weighted by Gasteiger charge is -2.24. The van der Waals surface area contributed by atoms with Crippen molar-refractivity contribution in [2.24, 2.45) is 4.99 Å². The van der Waals surface area contributed by atoms with Gasteiger partial charge < -0.3 is 0 Å². The van der Waals surface area contributed by atoms with Gasteiger partial charge in [0, 0.05) is 6.54 Å². The second-order valence-corrected chi connectivity index (χ2v) is 11.6. The van der Waals surface area contributed by atoms with E-state index in [1.807, 2.05) is 0 Å². The SMILES string of the molecule is CC=C[Si](CC)(CC)CCC=NCCCCCCCCCC. The smallest absolute Gasteiger partial charge is 0.0772 e. The van der Waals surface area contributed by atoms with Crippen molar-refractivity contribution in [1.82, 2.24) is 0 Å². The Hall–Kier alpha value is -0.373. The molecule has 0 aromatic heterocycles. The van der Waals surface area contributed by atoms with Crippen molar-refractivity contribution in [1.29, 1.82) is 0 Å². The minimum atomic E-state index is -1.11. The Morgan fingerprint density at radius 3 is 1.95 bits per heavy atom. The van der Waals surface area contributed by atoms with E-state index in [0.717, 1.165) is 6.54 Å². The Kier molecular flexibility index (Phi) is 15.3. The van der Waals surface area contributed by atoms with Gasteiger partial charge in [0.25, 0.3) is 0 Å². The number of unbranched alkanes of at least 4 members (excludes halogenated alkanes) is 7. The van der Waals surface area contributed by atoms with Crippen LogP contribution in [0.5, 0.6) is 0 Å². The van der Waals surface area contributed by atoms with Crippen molar-refractivity contribution in [2.75, 3.05) is 6.54 Å². The van der Waals surface area contributed by atoms with Crippen molar-refractivity contribution in [3.05, 3.63) is 11.8 Å². The van der Waals surface area contributed by atoms with Crippen LogP contribution >= 0.6 is 0 Å². The molecule has 0 unspecified atom stereocenters. The fourth-order valence-electron chi connectivity index (χ4n) is 3.15. The number of allylic oxidation sites excluding steroid dienone is 1. The Morgan fingerprint density at radius 2 is 1.41 bits per heavy atom. The van der Waals surface area contributed by atoms with E-state index in [2.05, 4.69) is 50.7 Å². The molecule has 0 bridgehead atoms. The Bertz CT molecular complexity index is 279. The largest absolute Gasteiger partial charge is 0.298 e. The van der Waals surface area contributed by atoms with Gasteiger partial charge in [0.15, 0.2) is 0 Å². The molecule has 0 fully saturated rings. The van der Waals surface area contributed by atoms with Crippen LogP contribution in [-0.2, 0) is 0 Å². The topological polar surface area (TPSA) is 12.4 Å². The summed E-state index contributed by atoms with van der Waals surface area (Å²) < 4.78 is 0. The highest BCUT2D eigenvalue weighted by Gasteiger charge is 2.23. The monoisotopic (exact) mass is 323 g/mol. The molecule has 0 amide bonds. The summed E-state index contributed by atoms with van der Waals surface area (Å²) in [5.74, 6) is 0. The van der Waals surface area contributed by atoms with Crippen LogP contribution in [0, 0.1) is 0 Å². The summed E-state index contributed by atoms with van der Waals surface area (Å²) in [5, 5.41) is 0. The fraction of sp³-hybridized carbons (Fsp3) is 0.850. The lowest BCUT2D eigenvalue weighted by atomic mass is 10.1. The van der Waals surface area contributed by atoms with E-state index >= 15 is 0 Å². The zero-order chi connectivity index (χ0) is 16.5. The standard InChI is InChI=1S/C20H41NSi/c1-5-9-10-11-12-13-14-15-17-21-18-16-20-22(7-3,8-4)19-6-2/h6,18-19H,5,7-17,20H2,1-4H3. The molecule has 0 aromatic carbocycles. The van der Waals surface area contributed by atoms with Gasteiger partial charge in [0.2, 0.25) is 0 Å². The molecule has 0 N–H and O–H groups in total. The van der Waals surface area contributed by atoms with E-state index in [4.69, 9.17) is 0 Å². The molecule has 0 aliphatic rings.